The SMILES string of the molecule is CCN(CCCCCOCC(=O)O)c1ccc(-n2ccnc2)c(C(F)(F)F)c1. The Kier molecular flexibility index (Phi) is 7.86. The summed E-state index contributed by atoms with van der Waals surface area (Å²) in [5, 5.41) is 8.49. The Balaban J connectivity index is 2.01. The number of unbranched alkanes of at least 4 members (excludes halogenated alkanes) is 2. The van der Waals surface area contributed by atoms with Crippen LogP contribution in [-0.2, 0) is 15.7 Å². The Hall–Kier alpha value is -2.55. The predicted molar refractivity (Wildman–Crippen MR) is 98.8 cm³/mol. The number of carboxylic acid groups (broad SMARTS) is 1. The summed E-state index contributed by atoms with van der Waals surface area (Å²) in [6, 6.07) is 4.32. The zero-order valence-corrected chi connectivity index (χ0v) is 15.7. The number of alkyl halides is 3. The molecule has 9 heteroatoms. The number of halogens is 3. The first kappa shape index (κ1) is 21.7. The maximum atomic E-state index is 13.6. The Bertz CT molecular complexity index is 749. The number of aromatic nitrogens is 2. The second-order valence-electron chi connectivity index (χ2n) is 6.26. The van der Waals surface area contributed by atoms with E-state index in [9.17, 15) is 18.0 Å². The lowest BCUT2D eigenvalue weighted by Crippen LogP contribution is -2.24. The van der Waals surface area contributed by atoms with Crippen LogP contribution < -0.4 is 4.90 Å². The number of imidazole rings is 1. The van der Waals surface area contributed by atoms with Crippen LogP contribution in [0.25, 0.3) is 5.69 Å². The Morgan fingerprint density at radius 3 is 2.68 bits per heavy atom. The minimum atomic E-state index is -4.48. The zero-order valence-electron chi connectivity index (χ0n) is 15.7. The van der Waals surface area contributed by atoms with Crippen LogP contribution in [0.1, 0.15) is 31.7 Å². The molecule has 0 bridgehead atoms. The van der Waals surface area contributed by atoms with Crippen molar-refractivity contribution in [2.24, 2.45) is 0 Å². The molecule has 2 aromatic rings. The van der Waals surface area contributed by atoms with Gasteiger partial charge in [-0.3, -0.25) is 0 Å². The largest absolute Gasteiger partial charge is 0.480 e. The third-order valence-corrected chi connectivity index (χ3v) is 4.26. The first-order valence-electron chi connectivity index (χ1n) is 9.07. The minimum absolute atomic E-state index is 0.0420. The lowest BCUT2D eigenvalue weighted by atomic mass is 10.1. The molecule has 0 aliphatic carbocycles. The average Bonchev–Trinajstić information content (AvgIpc) is 3.17. The van der Waals surface area contributed by atoms with Crippen LogP contribution in [0.5, 0.6) is 0 Å². The van der Waals surface area contributed by atoms with Gasteiger partial charge in [-0.1, -0.05) is 0 Å². The molecule has 2 rings (SSSR count). The van der Waals surface area contributed by atoms with E-state index in [4.69, 9.17) is 9.84 Å². The van der Waals surface area contributed by atoms with Crippen LogP contribution >= 0.6 is 0 Å². The molecule has 0 unspecified atom stereocenters. The lowest BCUT2D eigenvalue weighted by molar-refractivity contribution is -0.142. The van der Waals surface area contributed by atoms with E-state index in [1.54, 1.807) is 6.07 Å². The topological polar surface area (TPSA) is 67.6 Å². The molecule has 28 heavy (non-hydrogen) atoms. The molecule has 0 aliphatic rings. The molecule has 1 heterocycles. The summed E-state index contributed by atoms with van der Waals surface area (Å²) in [7, 11) is 0. The van der Waals surface area contributed by atoms with Crippen LogP contribution in [0.4, 0.5) is 18.9 Å². The van der Waals surface area contributed by atoms with E-state index in [0.717, 1.165) is 12.8 Å². The fourth-order valence-corrected chi connectivity index (χ4v) is 2.89. The van der Waals surface area contributed by atoms with Gasteiger partial charge in [0.05, 0.1) is 17.6 Å². The second kappa shape index (κ2) is 10.1. The highest BCUT2D eigenvalue weighted by Gasteiger charge is 2.34. The van der Waals surface area contributed by atoms with Gasteiger partial charge in [0.2, 0.25) is 0 Å². The fourth-order valence-electron chi connectivity index (χ4n) is 2.89. The lowest BCUT2D eigenvalue weighted by Gasteiger charge is -2.25. The van der Waals surface area contributed by atoms with E-state index in [1.807, 2.05) is 11.8 Å². The summed E-state index contributed by atoms with van der Waals surface area (Å²) in [5.74, 6) is -1.00. The minimum Gasteiger partial charge on any atom is -0.480 e. The van der Waals surface area contributed by atoms with Crippen molar-refractivity contribution in [3.05, 3.63) is 42.5 Å². The van der Waals surface area contributed by atoms with Gasteiger partial charge in [0, 0.05) is 37.8 Å². The number of nitrogens with zero attached hydrogens (tertiary/aromatic N) is 3. The van der Waals surface area contributed by atoms with Crippen molar-refractivity contribution in [1.82, 2.24) is 9.55 Å². The normalized spacial score (nSPS) is 11.6. The maximum absolute atomic E-state index is 13.6. The number of rotatable bonds is 11. The molecule has 0 saturated carbocycles. The number of aliphatic carboxylic acids is 1. The van der Waals surface area contributed by atoms with Crippen LogP contribution in [0, 0.1) is 0 Å². The quantitative estimate of drug-likeness (QED) is 0.579. The summed E-state index contributed by atoms with van der Waals surface area (Å²) >= 11 is 0. The number of hydrogen-bond acceptors (Lipinski definition) is 4. The van der Waals surface area contributed by atoms with E-state index in [1.165, 1.54) is 35.4 Å². The van der Waals surface area contributed by atoms with Gasteiger partial charge >= 0.3 is 12.1 Å². The van der Waals surface area contributed by atoms with Crippen molar-refractivity contribution in [3.63, 3.8) is 0 Å². The second-order valence-corrected chi connectivity index (χ2v) is 6.26. The third-order valence-electron chi connectivity index (χ3n) is 4.26. The van der Waals surface area contributed by atoms with Gasteiger partial charge in [0.15, 0.2) is 0 Å². The smallest absolute Gasteiger partial charge is 0.418 e. The molecule has 1 aromatic heterocycles. The van der Waals surface area contributed by atoms with Crippen molar-refractivity contribution in [1.29, 1.82) is 0 Å². The number of anilines is 1. The molecule has 0 saturated heterocycles. The van der Waals surface area contributed by atoms with Gasteiger partial charge in [-0.05, 0) is 44.4 Å². The number of hydrogen-bond donors (Lipinski definition) is 1. The predicted octanol–water partition coefficient (Wildman–Crippen LogP) is 3.99. The summed E-state index contributed by atoms with van der Waals surface area (Å²) in [5.41, 5.74) is -0.148. The van der Waals surface area contributed by atoms with E-state index < -0.39 is 17.7 Å². The monoisotopic (exact) mass is 399 g/mol. The van der Waals surface area contributed by atoms with Crippen LogP contribution in [0.15, 0.2) is 36.9 Å². The highest BCUT2D eigenvalue weighted by atomic mass is 19.4. The fraction of sp³-hybridized carbons (Fsp3) is 0.474. The molecule has 0 fully saturated rings. The highest BCUT2D eigenvalue weighted by molar-refractivity contribution is 5.67. The van der Waals surface area contributed by atoms with Gasteiger partial charge in [-0.15, -0.1) is 0 Å². The number of carboxylic acids is 1. The Labute approximate surface area is 161 Å². The molecule has 1 aromatic carbocycles. The summed E-state index contributed by atoms with van der Waals surface area (Å²) in [6.07, 6.45) is 2.06. The Morgan fingerprint density at radius 2 is 2.07 bits per heavy atom. The van der Waals surface area contributed by atoms with Crippen molar-refractivity contribution in [2.75, 3.05) is 31.2 Å². The van der Waals surface area contributed by atoms with Crippen molar-refractivity contribution < 1.29 is 27.8 Å². The summed E-state index contributed by atoms with van der Waals surface area (Å²) in [6.45, 7) is 3.13. The van der Waals surface area contributed by atoms with Crippen LogP contribution in [0.2, 0.25) is 0 Å². The maximum Gasteiger partial charge on any atom is 0.418 e. The molecule has 6 nitrogen and oxygen atoms in total. The molecule has 0 aliphatic heterocycles. The zero-order chi connectivity index (χ0) is 20.6. The molecule has 1 N–H and O–H groups in total. The third kappa shape index (κ3) is 6.26. The van der Waals surface area contributed by atoms with Gasteiger partial charge in [-0.2, -0.15) is 13.2 Å². The summed E-state index contributed by atoms with van der Waals surface area (Å²) < 4.78 is 47.0. The molecule has 0 amide bonds. The van der Waals surface area contributed by atoms with Gasteiger partial charge in [0.1, 0.15) is 6.61 Å². The highest BCUT2D eigenvalue weighted by Crippen LogP contribution is 2.36. The van der Waals surface area contributed by atoms with Gasteiger partial charge in [0.25, 0.3) is 0 Å². The van der Waals surface area contributed by atoms with Gasteiger partial charge < -0.3 is 19.3 Å². The van der Waals surface area contributed by atoms with Crippen LogP contribution in [0.3, 0.4) is 0 Å². The van der Waals surface area contributed by atoms with Crippen molar-refractivity contribution >= 4 is 11.7 Å². The van der Waals surface area contributed by atoms with E-state index in [-0.39, 0.29) is 12.3 Å². The van der Waals surface area contributed by atoms with E-state index >= 15 is 0 Å². The van der Waals surface area contributed by atoms with E-state index in [0.29, 0.717) is 31.8 Å². The van der Waals surface area contributed by atoms with Crippen molar-refractivity contribution in [2.45, 2.75) is 32.4 Å². The number of benzene rings is 1. The van der Waals surface area contributed by atoms with Gasteiger partial charge in [-0.25, -0.2) is 9.78 Å². The standard InChI is InChI=1S/C19H24F3N3O3/c1-2-24(9-4-3-5-11-28-13-18(26)27)15-6-7-17(25-10-8-23-14-25)16(12-15)19(20,21)22/h6-8,10,12,14H,2-5,9,11,13H2,1H3,(H,26,27). The molecular weight excluding hydrogens is 375 g/mol. The Morgan fingerprint density at radius 1 is 1.29 bits per heavy atom. The average molecular weight is 399 g/mol. The first-order chi connectivity index (χ1) is 13.3. The molecular formula is C19H24F3N3O3. The molecule has 0 radical (unpaired) electrons. The first-order valence-corrected chi connectivity index (χ1v) is 9.07. The number of ether oxygens (including phenoxy) is 1. The number of carbonyl (C=O) groups is 1. The van der Waals surface area contributed by atoms with Crippen molar-refractivity contribution in [3.8, 4) is 5.69 Å². The molecule has 154 valence electrons. The van der Waals surface area contributed by atoms with E-state index in [2.05, 4.69) is 4.98 Å². The summed E-state index contributed by atoms with van der Waals surface area (Å²) in [4.78, 5) is 16.1. The molecule has 0 atom stereocenters. The molecule has 0 spiro atoms. The van der Waals surface area contributed by atoms with Crippen LogP contribution in [-0.4, -0.2) is 46.9 Å².